The van der Waals surface area contributed by atoms with Crippen LogP contribution in [-0.2, 0) is 14.4 Å². The molecule has 0 aromatic heterocycles. The lowest BCUT2D eigenvalue weighted by atomic mass is 10.1. The highest BCUT2D eigenvalue weighted by atomic mass is 35.5. The predicted molar refractivity (Wildman–Crippen MR) is 103 cm³/mol. The van der Waals surface area contributed by atoms with Crippen molar-refractivity contribution >= 4 is 46.6 Å². The summed E-state index contributed by atoms with van der Waals surface area (Å²) in [6.07, 6.45) is 3.70. The molecule has 0 bridgehead atoms. The Morgan fingerprint density at radius 3 is 2.44 bits per heavy atom. The Bertz CT molecular complexity index is 776. The molecular weight excluding hydrogens is 389 g/mol. The van der Waals surface area contributed by atoms with Gasteiger partial charge in [0.1, 0.15) is 6.04 Å². The standard InChI is InChI=1S/C19H21Cl2N3O3/c20-12-7-13(21)9-14(8-12)22-18(26)16-2-1-5-23(16)19(27)11-6-17(25)24(10-11)15-3-4-15/h7-9,11,15-16H,1-6,10H2,(H,22,26)/t11-,16-/m1/s1. The van der Waals surface area contributed by atoms with Crippen LogP contribution in [0.3, 0.4) is 0 Å². The van der Waals surface area contributed by atoms with Gasteiger partial charge in [0.05, 0.1) is 5.92 Å². The lowest BCUT2D eigenvalue weighted by Gasteiger charge is -2.26. The second kappa shape index (κ2) is 7.32. The zero-order chi connectivity index (χ0) is 19.1. The molecule has 1 saturated carbocycles. The molecule has 0 spiro atoms. The summed E-state index contributed by atoms with van der Waals surface area (Å²) in [7, 11) is 0. The van der Waals surface area contributed by atoms with E-state index in [1.165, 1.54) is 0 Å². The molecule has 0 unspecified atom stereocenters. The second-order valence-electron chi connectivity index (χ2n) is 7.52. The third-order valence-corrected chi connectivity index (χ3v) is 5.90. The molecule has 3 aliphatic rings. The SMILES string of the molecule is O=C(Nc1cc(Cl)cc(Cl)c1)[C@H]1CCCN1C(=O)[C@@H]1CC(=O)N(C2CC2)C1. The average Bonchev–Trinajstić information content (AvgIpc) is 3.18. The van der Waals surface area contributed by atoms with Crippen molar-refractivity contribution in [3.63, 3.8) is 0 Å². The smallest absolute Gasteiger partial charge is 0.247 e. The normalized spacial score (nSPS) is 25.2. The molecule has 8 heteroatoms. The fourth-order valence-electron chi connectivity index (χ4n) is 4.03. The van der Waals surface area contributed by atoms with E-state index < -0.39 is 6.04 Å². The number of carbonyl (C=O) groups is 3. The maximum Gasteiger partial charge on any atom is 0.247 e. The first kappa shape index (κ1) is 18.6. The highest BCUT2D eigenvalue weighted by Gasteiger charge is 2.45. The minimum Gasteiger partial charge on any atom is -0.339 e. The first-order valence-corrected chi connectivity index (χ1v) is 10.0. The Morgan fingerprint density at radius 1 is 1.07 bits per heavy atom. The molecule has 1 N–H and O–H groups in total. The van der Waals surface area contributed by atoms with Crippen LogP contribution in [0.2, 0.25) is 10.0 Å². The topological polar surface area (TPSA) is 69.7 Å². The van der Waals surface area contributed by atoms with Gasteiger partial charge in [0.25, 0.3) is 0 Å². The zero-order valence-electron chi connectivity index (χ0n) is 14.8. The van der Waals surface area contributed by atoms with Crippen molar-refractivity contribution in [2.75, 3.05) is 18.4 Å². The van der Waals surface area contributed by atoms with E-state index in [-0.39, 0.29) is 30.1 Å². The third-order valence-electron chi connectivity index (χ3n) is 5.46. The van der Waals surface area contributed by atoms with Gasteiger partial charge < -0.3 is 15.1 Å². The van der Waals surface area contributed by atoms with Crippen molar-refractivity contribution in [1.29, 1.82) is 0 Å². The molecule has 3 amide bonds. The molecule has 2 heterocycles. The highest BCUT2D eigenvalue weighted by Crippen LogP contribution is 2.34. The number of nitrogens with zero attached hydrogens (tertiary/aromatic N) is 2. The van der Waals surface area contributed by atoms with E-state index >= 15 is 0 Å². The quantitative estimate of drug-likeness (QED) is 0.830. The zero-order valence-corrected chi connectivity index (χ0v) is 16.3. The van der Waals surface area contributed by atoms with Crippen LogP contribution in [0.15, 0.2) is 18.2 Å². The molecule has 1 aromatic rings. The maximum atomic E-state index is 13.0. The van der Waals surface area contributed by atoms with E-state index in [1.807, 2.05) is 4.90 Å². The van der Waals surface area contributed by atoms with E-state index in [0.717, 1.165) is 19.3 Å². The van der Waals surface area contributed by atoms with Crippen LogP contribution in [0.5, 0.6) is 0 Å². The predicted octanol–water partition coefficient (Wildman–Crippen LogP) is 2.93. The van der Waals surface area contributed by atoms with Gasteiger partial charge >= 0.3 is 0 Å². The monoisotopic (exact) mass is 409 g/mol. The lowest BCUT2D eigenvalue weighted by molar-refractivity contribution is -0.140. The molecule has 2 atom stereocenters. The molecule has 1 aromatic carbocycles. The van der Waals surface area contributed by atoms with Crippen LogP contribution in [0, 0.1) is 5.92 Å². The Balaban J connectivity index is 1.43. The Morgan fingerprint density at radius 2 is 1.78 bits per heavy atom. The second-order valence-corrected chi connectivity index (χ2v) is 8.39. The van der Waals surface area contributed by atoms with Gasteiger partial charge in [-0.05, 0) is 43.9 Å². The summed E-state index contributed by atoms with van der Waals surface area (Å²) < 4.78 is 0. The number of likely N-dealkylation sites (tertiary alicyclic amines) is 2. The van der Waals surface area contributed by atoms with Crippen molar-refractivity contribution in [3.8, 4) is 0 Å². The molecule has 2 aliphatic heterocycles. The summed E-state index contributed by atoms with van der Waals surface area (Å²) in [4.78, 5) is 41.4. The van der Waals surface area contributed by atoms with Crippen LogP contribution < -0.4 is 5.32 Å². The van der Waals surface area contributed by atoms with Crippen LogP contribution in [0.1, 0.15) is 32.1 Å². The minimum absolute atomic E-state index is 0.0598. The van der Waals surface area contributed by atoms with E-state index in [9.17, 15) is 14.4 Å². The van der Waals surface area contributed by atoms with Crippen molar-refractivity contribution in [3.05, 3.63) is 28.2 Å². The van der Waals surface area contributed by atoms with E-state index in [2.05, 4.69) is 5.32 Å². The molecule has 1 aliphatic carbocycles. The number of halogens is 2. The molecule has 4 rings (SSSR count). The Kier molecular flexibility index (Phi) is 5.03. The van der Waals surface area contributed by atoms with Gasteiger partial charge in [-0.1, -0.05) is 23.2 Å². The van der Waals surface area contributed by atoms with Crippen LogP contribution in [-0.4, -0.2) is 52.7 Å². The fourth-order valence-corrected chi connectivity index (χ4v) is 4.55. The third kappa shape index (κ3) is 3.92. The molecule has 3 fully saturated rings. The number of hydrogen-bond donors (Lipinski definition) is 1. The average molecular weight is 410 g/mol. The lowest BCUT2D eigenvalue weighted by Crippen LogP contribution is -2.46. The summed E-state index contributed by atoms with van der Waals surface area (Å²) in [5, 5.41) is 3.67. The van der Waals surface area contributed by atoms with Crippen LogP contribution in [0.25, 0.3) is 0 Å². The molecule has 0 radical (unpaired) electrons. The Labute approximate surface area is 167 Å². The fraction of sp³-hybridized carbons (Fsp3) is 0.526. The van der Waals surface area contributed by atoms with Crippen molar-refractivity contribution in [1.82, 2.24) is 9.80 Å². The first-order valence-electron chi connectivity index (χ1n) is 9.29. The maximum absolute atomic E-state index is 13.0. The summed E-state index contributed by atoms with van der Waals surface area (Å²) in [6, 6.07) is 4.62. The van der Waals surface area contributed by atoms with E-state index in [1.54, 1.807) is 23.1 Å². The van der Waals surface area contributed by atoms with Gasteiger partial charge in [-0.2, -0.15) is 0 Å². The van der Waals surface area contributed by atoms with Gasteiger partial charge in [-0.25, -0.2) is 0 Å². The van der Waals surface area contributed by atoms with Gasteiger partial charge in [0, 0.05) is 41.3 Å². The van der Waals surface area contributed by atoms with Gasteiger partial charge in [0.15, 0.2) is 0 Å². The molecule has 144 valence electrons. The number of benzene rings is 1. The minimum atomic E-state index is -0.527. The van der Waals surface area contributed by atoms with Crippen molar-refractivity contribution < 1.29 is 14.4 Å². The largest absolute Gasteiger partial charge is 0.339 e. The summed E-state index contributed by atoms with van der Waals surface area (Å²) in [5.41, 5.74) is 0.507. The molecule has 27 heavy (non-hydrogen) atoms. The number of anilines is 1. The molecular formula is C19H21Cl2N3O3. The Hall–Kier alpha value is -1.79. The van der Waals surface area contributed by atoms with Gasteiger partial charge in [0.2, 0.25) is 17.7 Å². The van der Waals surface area contributed by atoms with Crippen molar-refractivity contribution in [2.45, 2.75) is 44.2 Å². The molecule has 2 saturated heterocycles. The summed E-state index contributed by atoms with van der Waals surface area (Å²) in [6.45, 7) is 1.03. The van der Waals surface area contributed by atoms with E-state index in [4.69, 9.17) is 23.2 Å². The molecule has 6 nitrogen and oxygen atoms in total. The van der Waals surface area contributed by atoms with Crippen LogP contribution in [0.4, 0.5) is 5.69 Å². The number of carbonyl (C=O) groups excluding carboxylic acids is 3. The first-order chi connectivity index (χ1) is 12.9. The van der Waals surface area contributed by atoms with Crippen molar-refractivity contribution in [2.24, 2.45) is 5.92 Å². The van der Waals surface area contributed by atoms with Gasteiger partial charge in [-0.3, -0.25) is 14.4 Å². The number of amides is 3. The highest BCUT2D eigenvalue weighted by molar-refractivity contribution is 6.35. The number of hydrogen-bond acceptors (Lipinski definition) is 3. The number of nitrogens with one attached hydrogen (secondary N) is 1. The summed E-state index contributed by atoms with van der Waals surface area (Å²) in [5.74, 6) is -0.618. The van der Waals surface area contributed by atoms with Crippen LogP contribution >= 0.6 is 23.2 Å². The van der Waals surface area contributed by atoms with Gasteiger partial charge in [-0.15, -0.1) is 0 Å². The number of rotatable bonds is 4. The van der Waals surface area contributed by atoms with E-state index in [0.29, 0.717) is 41.3 Å². The summed E-state index contributed by atoms with van der Waals surface area (Å²) >= 11 is 12.0.